The predicted molar refractivity (Wildman–Crippen MR) is 79.5 cm³/mol. The number of aromatic nitrogens is 3. The van der Waals surface area contributed by atoms with Gasteiger partial charge in [-0.3, -0.25) is 9.67 Å². The van der Waals surface area contributed by atoms with Gasteiger partial charge in [0.25, 0.3) is 0 Å². The van der Waals surface area contributed by atoms with Crippen molar-refractivity contribution in [3.8, 4) is 11.3 Å². The van der Waals surface area contributed by atoms with Crippen molar-refractivity contribution >= 4 is 27.0 Å². The fourth-order valence-corrected chi connectivity index (χ4v) is 2.95. The highest BCUT2D eigenvalue weighted by molar-refractivity contribution is 9.10. The van der Waals surface area contributed by atoms with E-state index in [4.69, 9.17) is 4.42 Å². The largest absolute Gasteiger partial charge is 0.417 e. The Balaban J connectivity index is 2.17. The van der Waals surface area contributed by atoms with Gasteiger partial charge in [-0.15, -0.1) is 0 Å². The molecule has 3 rings (SSSR count). The lowest BCUT2D eigenvalue weighted by molar-refractivity contribution is 0.555. The molecule has 0 aliphatic heterocycles. The molecule has 2 heterocycles. The first kappa shape index (κ1) is 13.1. The Morgan fingerprint density at radius 2 is 2.30 bits per heavy atom. The van der Waals surface area contributed by atoms with Crippen molar-refractivity contribution < 1.29 is 4.42 Å². The molecule has 0 amide bonds. The molecule has 2 N–H and O–H groups in total. The van der Waals surface area contributed by atoms with Gasteiger partial charge in [0, 0.05) is 19.2 Å². The van der Waals surface area contributed by atoms with Gasteiger partial charge in [0.1, 0.15) is 0 Å². The molecule has 0 unspecified atom stereocenters. The van der Waals surface area contributed by atoms with Crippen LogP contribution in [0, 0.1) is 0 Å². The number of oxazole rings is 1. The molecule has 0 radical (unpaired) electrons. The first-order valence-electron chi connectivity index (χ1n) is 6.09. The summed E-state index contributed by atoms with van der Waals surface area (Å²) in [6.45, 7) is 0.676. The number of H-pyrrole nitrogens is 1. The third kappa shape index (κ3) is 2.08. The van der Waals surface area contributed by atoms with Crippen molar-refractivity contribution in [1.29, 1.82) is 0 Å². The van der Waals surface area contributed by atoms with Crippen molar-refractivity contribution in [3.63, 3.8) is 0 Å². The maximum absolute atomic E-state index is 11.2. The van der Waals surface area contributed by atoms with E-state index in [0.29, 0.717) is 17.6 Å². The lowest BCUT2D eigenvalue weighted by atomic mass is 10.1. The van der Waals surface area contributed by atoms with Crippen LogP contribution in [0.15, 0.2) is 31.9 Å². The Morgan fingerprint density at radius 1 is 1.50 bits per heavy atom. The summed E-state index contributed by atoms with van der Waals surface area (Å²) >= 11 is 3.59. The SMILES string of the molecule is CNCc1nn(C)c(-c2ccc3[nH]c(=O)oc3c2)c1Br. The second kappa shape index (κ2) is 4.92. The molecule has 0 fully saturated rings. The topological polar surface area (TPSA) is 75.8 Å². The molecule has 0 saturated carbocycles. The van der Waals surface area contributed by atoms with Crippen molar-refractivity contribution in [2.24, 2.45) is 7.05 Å². The maximum atomic E-state index is 11.2. The molecule has 0 spiro atoms. The molecule has 20 heavy (non-hydrogen) atoms. The number of hydrogen-bond acceptors (Lipinski definition) is 4. The van der Waals surface area contributed by atoms with Gasteiger partial charge in [0.05, 0.1) is 21.4 Å². The van der Waals surface area contributed by atoms with E-state index in [1.54, 1.807) is 0 Å². The van der Waals surface area contributed by atoms with Crippen LogP contribution in [0.2, 0.25) is 0 Å². The van der Waals surface area contributed by atoms with E-state index in [2.05, 4.69) is 31.3 Å². The van der Waals surface area contributed by atoms with Crippen LogP contribution in [-0.4, -0.2) is 21.8 Å². The van der Waals surface area contributed by atoms with Gasteiger partial charge in [0.2, 0.25) is 0 Å². The van der Waals surface area contributed by atoms with Crippen molar-refractivity contribution in [2.45, 2.75) is 6.54 Å². The number of nitrogens with one attached hydrogen (secondary N) is 2. The van der Waals surface area contributed by atoms with Crippen molar-refractivity contribution in [1.82, 2.24) is 20.1 Å². The van der Waals surface area contributed by atoms with E-state index < -0.39 is 5.76 Å². The van der Waals surface area contributed by atoms with E-state index in [0.717, 1.165) is 21.4 Å². The van der Waals surface area contributed by atoms with Crippen LogP contribution in [0.3, 0.4) is 0 Å². The van der Waals surface area contributed by atoms with Gasteiger partial charge in [-0.25, -0.2) is 4.79 Å². The van der Waals surface area contributed by atoms with Gasteiger partial charge in [-0.1, -0.05) is 6.07 Å². The highest BCUT2D eigenvalue weighted by atomic mass is 79.9. The molecule has 0 aliphatic rings. The maximum Gasteiger partial charge on any atom is 0.417 e. The second-order valence-corrected chi connectivity index (χ2v) is 5.28. The number of nitrogens with zero attached hydrogens (tertiary/aromatic N) is 2. The molecule has 0 atom stereocenters. The molecule has 6 nitrogen and oxygen atoms in total. The molecule has 104 valence electrons. The highest BCUT2D eigenvalue weighted by Gasteiger charge is 2.16. The zero-order valence-electron chi connectivity index (χ0n) is 11.0. The molecule has 0 saturated heterocycles. The summed E-state index contributed by atoms with van der Waals surface area (Å²) < 4.78 is 7.84. The predicted octanol–water partition coefficient (Wildman–Crippen LogP) is 2.00. The molecular formula is C13H13BrN4O2. The Labute approximate surface area is 122 Å². The summed E-state index contributed by atoms with van der Waals surface area (Å²) in [5.41, 5.74) is 4.04. The summed E-state index contributed by atoms with van der Waals surface area (Å²) in [6.07, 6.45) is 0. The zero-order valence-corrected chi connectivity index (χ0v) is 12.6. The number of halogens is 1. The number of benzene rings is 1. The summed E-state index contributed by atoms with van der Waals surface area (Å²) in [5, 5.41) is 7.55. The van der Waals surface area contributed by atoms with Crippen molar-refractivity contribution in [2.75, 3.05) is 7.05 Å². The standard InChI is InChI=1S/C13H13BrN4O2/c1-15-6-9-11(14)12(18(2)17-9)7-3-4-8-10(5-7)20-13(19)16-8/h3-5,15H,6H2,1-2H3,(H,16,19). The van der Waals surface area contributed by atoms with Gasteiger partial charge >= 0.3 is 5.76 Å². The van der Waals surface area contributed by atoms with Crippen LogP contribution >= 0.6 is 15.9 Å². The van der Waals surface area contributed by atoms with E-state index in [-0.39, 0.29) is 0 Å². The number of rotatable bonds is 3. The molecule has 2 aromatic heterocycles. The molecule has 1 aromatic carbocycles. The third-order valence-corrected chi connectivity index (χ3v) is 3.93. The average molecular weight is 337 g/mol. The first-order chi connectivity index (χ1) is 9.60. The Morgan fingerprint density at radius 3 is 3.05 bits per heavy atom. The second-order valence-electron chi connectivity index (χ2n) is 4.49. The summed E-state index contributed by atoms with van der Waals surface area (Å²) in [4.78, 5) is 13.8. The average Bonchev–Trinajstić information content (AvgIpc) is 2.89. The fourth-order valence-electron chi connectivity index (χ4n) is 2.24. The van der Waals surface area contributed by atoms with E-state index >= 15 is 0 Å². The Bertz CT molecular complexity index is 831. The zero-order chi connectivity index (χ0) is 14.3. The molecule has 0 bridgehead atoms. The smallest absolute Gasteiger partial charge is 0.408 e. The Hall–Kier alpha value is -1.86. The number of aromatic amines is 1. The minimum Gasteiger partial charge on any atom is -0.408 e. The first-order valence-corrected chi connectivity index (χ1v) is 6.88. The fraction of sp³-hybridized carbons (Fsp3) is 0.231. The minimum atomic E-state index is -0.447. The van der Waals surface area contributed by atoms with Crippen LogP contribution in [-0.2, 0) is 13.6 Å². The van der Waals surface area contributed by atoms with Gasteiger partial charge in [-0.05, 0) is 35.1 Å². The summed E-state index contributed by atoms with van der Waals surface area (Å²) in [6, 6.07) is 5.59. The van der Waals surface area contributed by atoms with Crippen LogP contribution in [0.25, 0.3) is 22.4 Å². The summed E-state index contributed by atoms with van der Waals surface area (Å²) in [5.74, 6) is -0.447. The van der Waals surface area contributed by atoms with E-state index in [9.17, 15) is 4.79 Å². The molecule has 0 aliphatic carbocycles. The van der Waals surface area contributed by atoms with Gasteiger partial charge in [-0.2, -0.15) is 5.10 Å². The van der Waals surface area contributed by atoms with Crippen LogP contribution in [0.1, 0.15) is 5.69 Å². The third-order valence-electron chi connectivity index (χ3n) is 3.09. The van der Waals surface area contributed by atoms with Crippen LogP contribution < -0.4 is 11.1 Å². The van der Waals surface area contributed by atoms with Gasteiger partial charge < -0.3 is 9.73 Å². The van der Waals surface area contributed by atoms with Crippen LogP contribution in [0.5, 0.6) is 0 Å². The minimum absolute atomic E-state index is 0.447. The Kier molecular flexibility index (Phi) is 3.23. The van der Waals surface area contributed by atoms with Crippen molar-refractivity contribution in [3.05, 3.63) is 38.9 Å². The molecule has 3 aromatic rings. The monoisotopic (exact) mass is 336 g/mol. The lowest BCUT2D eigenvalue weighted by Gasteiger charge is -2.02. The molecular weight excluding hydrogens is 324 g/mol. The lowest BCUT2D eigenvalue weighted by Crippen LogP contribution is -2.06. The summed E-state index contributed by atoms with van der Waals surface area (Å²) in [7, 11) is 3.76. The number of aryl methyl sites for hydroxylation is 1. The van der Waals surface area contributed by atoms with Gasteiger partial charge in [0.15, 0.2) is 5.58 Å². The number of hydrogen-bond donors (Lipinski definition) is 2. The highest BCUT2D eigenvalue weighted by Crippen LogP contribution is 2.32. The molecule has 7 heteroatoms. The van der Waals surface area contributed by atoms with E-state index in [1.807, 2.05) is 37.0 Å². The normalized spacial score (nSPS) is 11.3. The number of fused-ring (bicyclic) bond motifs is 1. The van der Waals surface area contributed by atoms with Crippen LogP contribution in [0.4, 0.5) is 0 Å². The quantitative estimate of drug-likeness (QED) is 0.767. The van der Waals surface area contributed by atoms with E-state index in [1.165, 1.54) is 0 Å².